The van der Waals surface area contributed by atoms with Crippen LogP contribution in [0.1, 0.15) is 30.3 Å². The van der Waals surface area contributed by atoms with E-state index in [1.54, 1.807) is 12.1 Å². The van der Waals surface area contributed by atoms with Crippen LogP contribution < -0.4 is 15.4 Å². The molecule has 0 radical (unpaired) electrons. The maximum Gasteiger partial charge on any atom is 0.325 e. The van der Waals surface area contributed by atoms with Gasteiger partial charge in [0, 0.05) is 11.6 Å². The van der Waals surface area contributed by atoms with E-state index in [0.717, 1.165) is 16.3 Å². The van der Waals surface area contributed by atoms with Gasteiger partial charge in [0.05, 0.1) is 6.61 Å². The van der Waals surface area contributed by atoms with Crippen molar-refractivity contribution >= 4 is 28.2 Å². The lowest BCUT2D eigenvalue weighted by atomic mass is 10.0. The zero-order valence-corrected chi connectivity index (χ0v) is 15.4. The molecular weight excluding hydrogens is 348 g/mol. The second kappa shape index (κ2) is 8.44. The Kier molecular flexibility index (Phi) is 5.80. The minimum atomic E-state index is -0.357. The number of hydrogen-bond acceptors (Lipinski definition) is 5. The zero-order valence-electron chi connectivity index (χ0n) is 14.6. The highest BCUT2D eigenvalue weighted by Crippen LogP contribution is 2.28. The Labute approximate surface area is 156 Å². The Morgan fingerprint density at radius 3 is 2.50 bits per heavy atom. The molecule has 2 aromatic carbocycles. The van der Waals surface area contributed by atoms with Gasteiger partial charge in [0.2, 0.25) is 5.13 Å². The molecule has 2 N–H and O–H groups in total. The number of anilines is 2. The highest BCUT2D eigenvalue weighted by Gasteiger charge is 2.15. The third-order valence-electron chi connectivity index (χ3n) is 3.75. The van der Waals surface area contributed by atoms with Crippen LogP contribution in [0.3, 0.4) is 0 Å². The summed E-state index contributed by atoms with van der Waals surface area (Å²) in [5.74, 6) is 0.889. The van der Waals surface area contributed by atoms with Gasteiger partial charge in [0.15, 0.2) is 0 Å². The lowest BCUT2D eigenvalue weighted by Gasteiger charge is -2.07. The van der Waals surface area contributed by atoms with Crippen molar-refractivity contribution in [2.75, 3.05) is 17.2 Å². The summed E-state index contributed by atoms with van der Waals surface area (Å²) in [6.45, 7) is 4.60. The molecule has 0 aliphatic rings. The number of urea groups is 1. The van der Waals surface area contributed by atoms with Gasteiger partial charge in [-0.3, -0.25) is 5.32 Å². The number of rotatable bonds is 6. The summed E-state index contributed by atoms with van der Waals surface area (Å²) in [5.41, 5.74) is 1.84. The number of benzene rings is 2. The molecule has 6 nitrogen and oxygen atoms in total. The second-order valence-corrected chi connectivity index (χ2v) is 6.62. The molecule has 0 bridgehead atoms. The minimum Gasteiger partial charge on any atom is -0.494 e. The van der Waals surface area contributed by atoms with Crippen molar-refractivity contribution in [3.05, 3.63) is 65.2 Å². The van der Waals surface area contributed by atoms with Crippen LogP contribution in [0, 0.1) is 0 Å². The first kappa shape index (κ1) is 17.9. The summed E-state index contributed by atoms with van der Waals surface area (Å²) in [6.07, 6.45) is 0. The molecule has 0 spiro atoms. The molecule has 2 amide bonds. The number of nitrogens with zero attached hydrogens (tertiary/aromatic N) is 2. The van der Waals surface area contributed by atoms with Crippen molar-refractivity contribution in [2.45, 2.75) is 19.8 Å². The van der Waals surface area contributed by atoms with Crippen LogP contribution in [0.2, 0.25) is 0 Å². The van der Waals surface area contributed by atoms with Crippen LogP contribution in [0.25, 0.3) is 0 Å². The van der Waals surface area contributed by atoms with Gasteiger partial charge in [-0.25, -0.2) is 4.79 Å². The molecule has 0 fully saturated rings. The molecule has 0 unspecified atom stereocenters. The van der Waals surface area contributed by atoms with Gasteiger partial charge in [-0.15, -0.1) is 10.2 Å². The van der Waals surface area contributed by atoms with Crippen molar-refractivity contribution in [1.82, 2.24) is 10.2 Å². The molecule has 134 valence electrons. The van der Waals surface area contributed by atoms with Gasteiger partial charge in [-0.1, -0.05) is 48.6 Å². The fourth-order valence-corrected chi connectivity index (χ4v) is 3.22. The number of hydrogen-bond donors (Lipinski definition) is 2. The van der Waals surface area contributed by atoms with E-state index in [1.165, 1.54) is 11.3 Å². The fourth-order valence-electron chi connectivity index (χ4n) is 2.40. The van der Waals surface area contributed by atoms with E-state index in [0.29, 0.717) is 17.4 Å². The second-order valence-electron chi connectivity index (χ2n) is 5.61. The first-order valence-corrected chi connectivity index (χ1v) is 9.16. The van der Waals surface area contributed by atoms with Gasteiger partial charge in [0.25, 0.3) is 0 Å². The van der Waals surface area contributed by atoms with Gasteiger partial charge in [0.1, 0.15) is 10.8 Å². The first-order chi connectivity index (χ1) is 12.7. The Morgan fingerprint density at radius 2 is 1.81 bits per heavy atom. The number of nitrogens with one attached hydrogen (secondary N) is 2. The molecule has 3 rings (SSSR count). The molecule has 3 aromatic rings. The average Bonchev–Trinajstić information content (AvgIpc) is 3.12. The smallest absolute Gasteiger partial charge is 0.325 e. The zero-order chi connectivity index (χ0) is 18.4. The quantitative estimate of drug-likeness (QED) is 0.659. The van der Waals surface area contributed by atoms with Crippen molar-refractivity contribution < 1.29 is 9.53 Å². The fraction of sp³-hybridized carbons (Fsp3) is 0.211. The molecule has 0 aliphatic carbocycles. The van der Waals surface area contributed by atoms with Crippen LogP contribution in [0.5, 0.6) is 5.75 Å². The molecule has 0 aliphatic heterocycles. The van der Waals surface area contributed by atoms with Crippen molar-refractivity contribution in [3.63, 3.8) is 0 Å². The Balaban J connectivity index is 1.59. The maximum absolute atomic E-state index is 12.1. The number of aromatic nitrogens is 2. The predicted octanol–water partition coefficient (Wildman–Crippen LogP) is 4.73. The SMILES string of the molecule is CCOc1ccc(NC(=O)Nc2nnc([C@@H](C)c3ccccc3)s2)cc1. The number of carbonyl (C=O) groups excluding carboxylic acids is 1. The summed E-state index contributed by atoms with van der Waals surface area (Å²) in [7, 11) is 0. The molecule has 1 heterocycles. The van der Waals surface area contributed by atoms with Gasteiger partial charge in [-0.2, -0.15) is 0 Å². The van der Waals surface area contributed by atoms with E-state index >= 15 is 0 Å². The van der Waals surface area contributed by atoms with E-state index < -0.39 is 0 Å². The largest absolute Gasteiger partial charge is 0.494 e. The predicted molar refractivity (Wildman–Crippen MR) is 104 cm³/mol. The maximum atomic E-state index is 12.1. The Bertz CT molecular complexity index is 849. The number of amides is 2. The van der Waals surface area contributed by atoms with Gasteiger partial charge in [-0.05, 0) is 36.8 Å². The van der Waals surface area contributed by atoms with Crippen LogP contribution >= 0.6 is 11.3 Å². The van der Waals surface area contributed by atoms with Crippen molar-refractivity contribution in [1.29, 1.82) is 0 Å². The van der Waals surface area contributed by atoms with Crippen molar-refractivity contribution in [3.8, 4) is 5.75 Å². The first-order valence-electron chi connectivity index (χ1n) is 8.35. The van der Waals surface area contributed by atoms with Crippen LogP contribution in [-0.2, 0) is 0 Å². The third-order valence-corrected chi connectivity index (χ3v) is 4.78. The molecule has 7 heteroatoms. The van der Waals surface area contributed by atoms with Crippen LogP contribution in [0.15, 0.2) is 54.6 Å². The summed E-state index contributed by atoms with van der Waals surface area (Å²) >= 11 is 1.37. The highest BCUT2D eigenvalue weighted by molar-refractivity contribution is 7.15. The van der Waals surface area contributed by atoms with E-state index in [-0.39, 0.29) is 11.9 Å². The number of carbonyl (C=O) groups is 1. The monoisotopic (exact) mass is 368 g/mol. The topological polar surface area (TPSA) is 76.1 Å². The lowest BCUT2D eigenvalue weighted by Crippen LogP contribution is -2.19. The molecule has 0 saturated heterocycles. The summed E-state index contributed by atoms with van der Waals surface area (Å²) in [6, 6.07) is 16.9. The normalized spacial score (nSPS) is 11.6. The third kappa shape index (κ3) is 4.58. The van der Waals surface area contributed by atoms with Gasteiger partial charge >= 0.3 is 6.03 Å². The summed E-state index contributed by atoms with van der Waals surface area (Å²) < 4.78 is 5.38. The Hall–Kier alpha value is -2.93. The van der Waals surface area contributed by atoms with Crippen molar-refractivity contribution in [2.24, 2.45) is 0 Å². The van der Waals surface area contributed by atoms with Crippen LogP contribution in [0.4, 0.5) is 15.6 Å². The molecular formula is C19H20N4O2S. The van der Waals surface area contributed by atoms with Crippen LogP contribution in [-0.4, -0.2) is 22.8 Å². The average molecular weight is 368 g/mol. The molecule has 1 atom stereocenters. The summed E-state index contributed by atoms with van der Waals surface area (Å²) in [4.78, 5) is 12.1. The van der Waals surface area contributed by atoms with Gasteiger partial charge < -0.3 is 10.1 Å². The molecule has 0 saturated carbocycles. The van der Waals surface area contributed by atoms with E-state index in [1.807, 2.05) is 37.3 Å². The Morgan fingerprint density at radius 1 is 1.08 bits per heavy atom. The number of ether oxygens (including phenoxy) is 1. The van der Waals surface area contributed by atoms with E-state index in [2.05, 4.69) is 39.9 Å². The lowest BCUT2D eigenvalue weighted by molar-refractivity contribution is 0.262. The molecule has 26 heavy (non-hydrogen) atoms. The highest BCUT2D eigenvalue weighted by atomic mass is 32.1. The van der Waals surface area contributed by atoms with E-state index in [4.69, 9.17) is 4.74 Å². The molecule has 1 aromatic heterocycles. The van der Waals surface area contributed by atoms with E-state index in [9.17, 15) is 4.79 Å². The standard InChI is InChI=1S/C19H20N4O2S/c1-3-25-16-11-9-15(10-12-16)20-18(24)21-19-23-22-17(26-19)13(2)14-7-5-4-6-8-14/h4-13H,3H2,1-2H3,(H2,20,21,23,24)/t13-/m0/s1. The summed E-state index contributed by atoms with van der Waals surface area (Å²) in [5, 5.41) is 15.1. The minimum absolute atomic E-state index is 0.124.